The summed E-state index contributed by atoms with van der Waals surface area (Å²) in [5, 5.41) is 11.1. The first-order valence-corrected chi connectivity index (χ1v) is 9.83. The normalized spacial score (nSPS) is 11.0. The van der Waals surface area contributed by atoms with Crippen LogP contribution in [0.2, 0.25) is 0 Å². The van der Waals surface area contributed by atoms with Crippen LogP contribution >= 0.6 is 0 Å². The molecule has 0 aliphatic rings. The fraction of sp³-hybridized carbons (Fsp3) is 0.158. The van der Waals surface area contributed by atoms with Crippen molar-refractivity contribution in [3.05, 3.63) is 72.3 Å². The van der Waals surface area contributed by atoms with Gasteiger partial charge in [0, 0.05) is 6.54 Å². The van der Waals surface area contributed by atoms with Crippen molar-refractivity contribution in [3.8, 4) is 5.75 Å². The summed E-state index contributed by atoms with van der Waals surface area (Å²) in [5.41, 5.74) is 1.14. The summed E-state index contributed by atoms with van der Waals surface area (Å²) in [6, 6.07) is 19.2. The molecule has 27 heavy (non-hydrogen) atoms. The highest BCUT2D eigenvalue weighted by Gasteiger charge is 2.14. The molecule has 0 saturated heterocycles. The molecule has 0 bridgehead atoms. The van der Waals surface area contributed by atoms with Crippen LogP contribution in [0.25, 0.3) is 0 Å². The highest BCUT2D eigenvalue weighted by molar-refractivity contribution is 7.92. The summed E-state index contributed by atoms with van der Waals surface area (Å²) in [7, 11) is -2.03. The molecule has 0 atom stereocenters. The highest BCUT2D eigenvalue weighted by Crippen LogP contribution is 2.15. The lowest BCUT2D eigenvalue weighted by atomic mass is 10.1. The Hall–Kier alpha value is -3.13. The van der Waals surface area contributed by atoms with Gasteiger partial charge in [-0.2, -0.15) is 0 Å². The van der Waals surface area contributed by atoms with E-state index in [1.54, 1.807) is 37.4 Å². The van der Waals surface area contributed by atoms with Gasteiger partial charge in [0.1, 0.15) is 11.6 Å². The van der Waals surface area contributed by atoms with Crippen LogP contribution in [0.3, 0.4) is 0 Å². The quantitative estimate of drug-likeness (QED) is 0.620. The number of rotatable bonds is 8. The molecule has 0 radical (unpaired) electrons. The summed E-state index contributed by atoms with van der Waals surface area (Å²) < 4.78 is 32.1. The SMILES string of the molecule is COc1cccc(CCNc2ccc(NS(=O)(=O)c3ccccc3)nn2)c1. The van der Waals surface area contributed by atoms with Crippen LogP contribution in [0.4, 0.5) is 11.6 Å². The van der Waals surface area contributed by atoms with Crippen LogP contribution in [0.1, 0.15) is 5.56 Å². The molecule has 0 spiro atoms. The molecular formula is C19H20N4O3S. The molecule has 0 aliphatic heterocycles. The number of anilines is 2. The summed E-state index contributed by atoms with van der Waals surface area (Å²) in [5.74, 6) is 1.56. The Morgan fingerprint density at radius 2 is 1.67 bits per heavy atom. The Labute approximate surface area is 158 Å². The largest absolute Gasteiger partial charge is 0.497 e. The zero-order chi connectivity index (χ0) is 19.1. The van der Waals surface area contributed by atoms with Gasteiger partial charge in [0.2, 0.25) is 0 Å². The van der Waals surface area contributed by atoms with Gasteiger partial charge in [-0.15, -0.1) is 10.2 Å². The molecule has 0 amide bonds. The van der Waals surface area contributed by atoms with Crippen molar-refractivity contribution in [2.75, 3.05) is 23.7 Å². The standard InChI is InChI=1S/C19H20N4O3S/c1-26-16-7-5-6-15(14-16)12-13-20-18-10-11-19(22-21-18)23-27(24,25)17-8-3-2-4-9-17/h2-11,14H,12-13H2,1H3,(H,20,21)(H,22,23). The Kier molecular flexibility index (Phi) is 5.87. The van der Waals surface area contributed by atoms with Gasteiger partial charge in [0.15, 0.2) is 5.82 Å². The van der Waals surface area contributed by atoms with E-state index >= 15 is 0 Å². The smallest absolute Gasteiger partial charge is 0.263 e. The lowest BCUT2D eigenvalue weighted by Crippen LogP contribution is -2.14. The number of hydrogen-bond acceptors (Lipinski definition) is 6. The zero-order valence-corrected chi connectivity index (χ0v) is 15.6. The molecule has 3 rings (SSSR count). The Morgan fingerprint density at radius 1 is 0.926 bits per heavy atom. The third-order valence-corrected chi connectivity index (χ3v) is 5.18. The van der Waals surface area contributed by atoms with Gasteiger partial charge < -0.3 is 10.1 Å². The number of hydrogen-bond donors (Lipinski definition) is 2. The van der Waals surface area contributed by atoms with Crippen molar-refractivity contribution >= 4 is 21.7 Å². The molecular weight excluding hydrogens is 364 g/mol. The van der Waals surface area contributed by atoms with Gasteiger partial charge in [-0.25, -0.2) is 8.42 Å². The van der Waals surface area contributed by atoms with Crippen LogP contribution in [-0.2, 0) is 16.4 Å². The maximum absolute atomic E-state index is 12.3. The second-order valence-electron chi connectivity index (χ2n) is 5.75. The summed E-state index contributed by atoms with van der Waals surface area (Å²) >= 11 is 0. The summed E-state index contributed by atoms with van der Waals surface area (Å²) in [6.45, 7) is 0.664. The minimum atomic E-state index is -3.67. The molecule has 1 heterocycles. The van der Waals surface area contributed by atoms with Crippen LogP contribution in [0, 0.1) is 0 Å². The molecule has 0 unspecified atom stereocenters. The van der Waals surface area contributed by atoms with E-state index in [1.807, 2.05) is 24.3 Å². The van der Waals surface area contributed by atoms with Crippen molar-refractivity contribution in [1.29, 1.82) is 0 Å². The van der Waals surface area contributed by atoms with Crippen LogP contribution in [0.5, 0.6) is 5.75 Å². The van der Waals surface area contributed by atoms with Gasteiger partial charge in [-0.3, -0.25) is 4.72 Å². The van der Waals surface area contributed by atoms with E-state index in [0.29, 0.717) is 12.4 Å². The number of benzene rings is 2. The number of aromatic nitrogens is 2. The minimum absolute atomic E-state index is 0.164. The highest BCUT2D eigenvalue weighted by atomic mass is 32.2. The average Bonchev–Trinajstić information content (AvgIpc) is 2.70. The number of ether oxygens (including phenoxy) is 1. The lowest BCUT2D eigenvalue weighted by molar-refractivity contribution is 0.414. The third-order valence-electron chi connectivity index (χ3n) is 3.81. The van der Waals surface area contributed by atoms with Gasteiger partial charge in [-0.1, -0.05) is 30.3 Å². The molecule has 0 fully saturated rings. The van der Waals surface area contributed by atoms with Crippen molar-refractivity contribution in [2.45, 2.75) is 11.3 Å². The second-order valence-corrected chi connectivity index (χ2v) is 7.43. The molecule has 2 N–H and O–H groups in total. The van der Waals surface area contributed by atoms with E-state index in [0.717, 1.165) is 17.7 Å². The first kappa shape index (κ1) is 18.7. The third kappa shape index (κ3) is 5.18. The first-order chi connectivity index (χ1) is 13.1. The van der Waals surface area contributed by atoms with E-state index in [4.69, 9.17) is 4.74 Å². The topological polar surface area (TPSA) is 93.2 Å². The Balaban J connectivity index is 1.56. The molecule has 0 aliphatic carbocycles. The molecule has 7 nitrogen and oxygen atoms in total. The Morgan fingerprint density at radius 3 is 2.37 bits per heavy atom. The van der Waals surface area contributed by atoms with E-state index < -0.39 is 10.0 Å². The molecule has 8 heteroatoms. The van der Waals surface area contributed by atoms with Crippen molar-refractivity contribution < 1.29 is 13.2 Å². The lowest BCUT2D eigenvalue weighted by Gasteiger charge is -2.09. The van der Waals surface area contributed by atoms with Gasteiger partial charge >= 0.3 is 0 Å². The summed E-state index contributed by atoms with van der Waals surface area (Å²) in [4.78, 5) is 0.173. The van der Waals surface area contributed by atoms with Gasteiger partial charge in [0.05, 0.1) is 12.0 Å². The molecule has 3 aromatic rings. The Bertz CT molecular complexity index is 977. The first-order valence-electron chi connectivity index (χ1n) is 8.35. The predicted octanol–water partition coefficient (Wildman–Crippen LogP) is 2.94. The van der Waals surface area contributed by atoms with Gasteiger partial charge in [-0.05, 0) is 48.4 Å². The predicted molar refractivity (Wildman–Crippen MR) is 104 cm³/mol. The van der Waals surface area contributed by atoms with Crippen LogP contribution in [-0.4, -0.2) is 32.3 Å². The molecule has 1 aromatic heterocycles. The van der Waals surface area contributed by atoms with Crippen LogP contribution < -0.4 is 14.8 Å². The van der Waals surface area contributed by atoms with Crippen molar-refractivity contribution in [3.63, 3.8) is 0 Å². The van der Waals surface area contributed by atoms with E-state index in [1.165, 1.54) is 12.1 Å². The van der Waals surface area contributed by atoms with E-state index in [9.17, 15) is 8.42 Å². The van der Waals surface area contributed by atoms with Crippen molar-refractivity contribution in [2.24, 2.45) is 0 Å². The van der Waals surface area contributed by atoms with Crippen LogP contribution in [0.15, 0.2) is 71.6 Å². The molecule has 140 valence electrons. The van der Waals surface area contributed by atoms with Gasteiger partial charge in [0.25, 0.3) is 10.0 Å². The number of nitrogens with zero attached hydrogens (tertiary/aromatic N) is 2. The summed E-state index contributed by atoms with van der Waals surface area (Å²) in [6.07, 6.45) is 0.793. The van der Waals surface area contributed by atoms with E-state index in [2.05, 4.69) is 20.2 Å². The fourth-order valence-corrected chi connectivity index (χ4v) is 3.46. The van der Waals surface area contributed by atoms with E-state index in [-0.39, 0.29) is 10.7 Å². The average molecular weight is 384 g/mol. The maximum atomic E-state index is 12.3. The zero-order valence-electron chi connectivity index (χ0n) is 14.8. The van der Waals surface area contributed by atoms with Crippen molar-refractivity contribution in [1.82, 2.24) is 10.2 Å². The second kappa shape index (κ2) is 8.50. The minimum Gasteiger partial charge on any atom is -0.497 e. The number of nitrogens with one attached hydrogen (secondary N) is 2. The fourth-order valence-electron chi connectivity index (χ4n) is 2.44. The monoisotopic (exact) mass is 384 g/mol. The number of sulfonamides is 1. The maximum Gasteiger partial charge on any atom is 0.263 e. The molecule has 0 saturated carbocycles. The molecule has 2 aromatic carbocycles. The number of methoxy groups -OCH3 is 1.